The molecule has 3 heteroatoms. The summed E-state index contributed by atoms with van der Waals surface area (Å²) in [5.41, 5.74) is 8.10. The predicted molar refractivity (Wildman–Crippen MR) is 148 cm³/mol. The first-order valence-corrected chi connectivity index (χ1v) is 14.6. The molecule has 0 aliphatic carbocycles. The SMILES string of the molecule is CCCCCCCCCCCCc1cc(-c2ccsc2)c(-n2cccc2)c(-c2ccsc2)c1. The lowest BCUT2D eigenvalue weighted by Gasteiger charge is -2.18. The van der Waals surface area contributed by atoms with Crippen LogP contribution in [-0.4, -0.2) is 4.57 Å². The molecule has 0 saturated carbocycles. The highest BCUT2D eigenvalue weighted by molar-refractivity contribution is 7.08. The standard InChI is InChI=1S/C30H37NS2/c1-2-3-4-5-6-7-8-9-10-11-14-25-21-28(26-15-19-32-23-26)30(31-17-12-13-18-31)29(22-25)27-16-20-33-24-27/h12-13,15-24H,2-11,14H2,1H3. The van der Waals surface area contributed by atoms with Crippen LogP contribution in [0.25, 0.3) is 27.9 Å². The van der Waals surface area contributed by atoms with Gasteiger partial charge in [0.25, 0.3) is 0 Å². The summed E-state index contributed by atoms with van der Waals surface area (Å²) in [6.07, 6.45) is 19.4. The molecule has 4 aromatic rings. The van der Waals surface area contributed by atoms with Gasteiger partial charge in [-0.1, -0.05) is 64.7 Å². The minimum absolute atomic E-state index is 1.16. The first-order chi connectivity index (χ1) is 16.4. The van der Waals surface area contributed by atoms with Gasteiger partial charge in [0.2, 0.25) is 0 Å². The summed E-state index contributed by atoms with van der Waals surface area (Å²) >= 11 is 3.55. The van der Waals surface area contributed by atoms with Gasteiger partial charge in [-0.25, -0.2) is 0 Å². The van der Waals surface area contributed by atoms with Crippen molar-refractivity contribution in [2.24, 2.45) is 0 Å². The summed E-state index contributed by atoms with van der Waals surface area (Å²) in [6, 6.07) is 13.6. The molecule has 0 aliphatic heterocycles. The molecule has 0 spiro atoms. The lowest BCUT2D eigenvalue weighted by atomic mass is 9.93. The fourth-order valence-corrected chi connectivity index (χ4v) is 6.00. The largest absolute Gasteiger partial charge is 0.323 e. The highest BCUT2D eigenvalue weighted by atomic mass is 32.1. The van der Waals surface area contributed by atoms with E-state index in [-0.39, 0.29) is 0 Å². The maximum absolute atomic E-state index is 2.45. The van der Waals surface area contributed by atoms with E-state index in [0.29, 0.717) is 0 Å². The van der Waals surface area contributed by atoms with Gasteiger partial charge in [0.1, 0.15) is 0 Å². The molecule has 0 fully saturated rings. The molecular weight excluding hydrogens is 438 g/mol. The van der Waals surface area contributed by atoms with Gasteiger partial charge in [-0.2, -0.15) is 22.7 Å². The van der Waals surface area contributed by atoms with Crippen LogP contribution < -0.4 is 0 Å². The van der Waals surface area contributed by atoms with E-state index in [0.717, 1.165) is 6.42 Å². The number of unbranched alkanes of at least 4 members (excludes halogenated alkanes) is 9. The molecule has 0 N–H and O–H groups in total. The average molecular weight is 476 g/mol. The number of nitrogens with zero attached hydrogens (tertiary/aromatic N) is 1. The van der Waals surface area contributed by atoms with Crippen molar-refractivity contribution in [2.45, 2.75) is 77.6 Å². The van der Waals surface area contributed by atoms with Gasteiger partial charge in [0, 0.05) is 23.5 Å². The van der Waals surface area contributed by atoms with Crippen LogP contribution in [0.15, 0.2) is 70.3 Å². The van der Waals surface area contributed by atoms with Crippen molar-refractivity contribution in [1.82, 2.24) is 4.57 Å². The van der Waals surface area contributed by atoms with Crippen LogP contribution >= 0.6 is 22.7 Å². The van der Waals surface area contributed by atoms with Gasteiger partial charge < -0.3 is 4.57 Å². The van der Waals surface area contributed by atoms with E-state index in [1.165, 1.54) is 97.7 Å². The first-order valence-electron chi connectivity index (χ1n) is 12.7. The third-order valence-corrected chi connectivity index (χ3v) is 7.88. The molecule has 3 heterocycles. The van der Waals surface area contributed by atoms with E-state index in [2.05, 4.69) is 81.8 Å². The highest BCUT2D eigenvalue weighted by Gasteiger charge is 2.16. The number of hydrogen-bond donors (Lipinski definition) is 0. The number of hydrogen-bond acceptors (Lipinski definition) is 2. The second kappa shape index (κ2) is 13.0. The molecule has 1 nitrogen and oxygen atoms in total. The minimum Gasteiger partial charge on any atom is -0.323 e. The summed E-state index contributed by atoms with van der Waals surface area (Å²) in [4.78, 5) is 0. The summed E-state index contributed by atoms with van der Waals surface area (Å²) in [5.74, 6) is 0. The second-order valence-electron chi connectivity index (χ2n) is 9.09. The van der Waals surface area contributed by atoms with Crippen molar-refractivity contribution in [3.63, 3.8) is 0 Å². The maximum atomic E-state index is 2.45. The zero-order chi connectivity index (χ0) is 22.7. The molecular formula is C30H37NS2. The van der Waals surface area contributed by atoms with E-state index in [4.69, 9.17) is 0 Å². The van der Waals surface area contributed by atoms with Crippen LogP contribution in [0, 0.1) is 0 Å². The molecule has 174 valence electrons. The van der Waals surface area contributed by atoms with Gasteiger partial charge in [-0.15, -0.1) is 0 Å². The van der Waals surface area contributed by atoms with Crippen LogP contribution in [0.1, 0.15) is 76.7 Å². The zero-order valence-electron chi connectivity index (χ0n) is 20.0. The molecule has 0 saturated heterocycles. The molecule has 33 heavy (non-hydrogen) atoms. The third kappa shape index (κ3) is 6.71. The first kappa shape index (κ1) is 24.0. The number of aromatic nitrogens is 1. The van der Waals surface area contributed by atoms with Gasteiger partial charge in [-0.3, -0.25) is 0 Å². The van der Waals surface area contributed by atoms with Crippen molar-refractivity contribution in [2.75, 3.05) is 0 Å². The van der Waals surface area contributed by atoms with Crippen molar-refractivity contribution in [3.05, 3.63) is 75.9 Å². The Morgan fingerprint density at radius 2 is 1.18 bits per heavy atom. The second-order valence-corrected chi connectivity index (χ2v) is 10.6. The number of benzene rings is 1. The van der Waals surface area contributed by atoms with Crippen LogP contribution in [-0.2, 0) is 6.42 Å². The Labute approximate surface area is 208 Å². The molecule has 4 rings (SSSR count). The molecule has 0 aliphatic rings. The molecule has 0 atom stereocenters. The van der Waals surface area contributed by atoms with Crippen molar-refractivity contribution < 1.29 is 0 Å². The summed E-state index contributed by atoms with van der Waals surface area (Å²) in [6.45, 7) is 2.29. The summed E-state index contributed by atoms with van der Waals surface area (Å²) < 4.78 is 2.28. The molecule has 3 aromatic heterocycles. The monoisotopic (exact) mass is 475 g/mol. The smallest absolute Gasteiger partial charge is 0.0607 e. The normalized spacial score (nSPS) is 11.3. The van der Waals surface area contributed by atoms with Gasteiger partial charge in [0.05, 0.1) is 5.69 Å². The number of rotatable bonds is 14. The van der Waals surface area contributed by atoms with E-state index in [1.54, 1.807) is 22.7 Å². The Kier molecular flexibility index (Phi) is 9.44. The minimum atomic E-state index is 1.16. The van der Waals surface area contributed by atoms with Gasteiger partial charge >= 0.3 is 0 Å². The van der Waals surface area contributed by atoms with E-state index in [9.17, 15) is 0 Å². The topological polar surface area (TPSA) is 4.93 Å². The lowest BCUT2D eigenvalue weighted by molar-refractivity contribution is 0.556. The Balaban J connectivity index is 1.46. The Hall–Kier alpha value is -2.10. The highest BCUT2D eigenvalue weighted by Crippen LogP contribution is 2.38. The average Bonchev–Trinajstić information content (AvgIpc) is 3.63. The Morgan fingerprint density at radius 3 is 1.67 bits per heavy atom. The van der Waals surface area contributed by atoms with Gasteiger partial charge in [0.15, 0.2) is 0 Å². The van der Waals surface area contributed by atoms with E-state index in [1.807, 2.05) is 0 Å². The van der Waals surface area contributed by atoms with E-state index < -0.39 is 0 Å². The Bertz CT molecular complexity index is 988. The van der Waals surface area contributed by atoms with Crippen molar-refractivity contribution in [3.8, 4) is 27.9 Å². The maximum Gasteiger partial charge on any atom is 0.0607 e. The van der Waals surface area contributed by atoms with Crippen LogP contribution in [0.3, 0.4) is 0 Å². The zero-order valence-corrected chi connectivity index (χ0v) is 21.6. The Morgan fingerprint density at radius 1 is 0.667 bits per heavy atom. The fourth-order valence-electron chi connectivity index (χ4n) is 4.69. The van der Waals surface area contributed by atoms with Crippen LogP contribution in [0.2, 0.25) is 0 Å². The van der Waals surface area contributed by atoms with Gasteiger partial charge in [-0.05, 0) is 87.5 Å². The lowest BCUT2D eigenvalue weighted by Crippen LogP contribution is -2.00. The fraction of sp³-hybridized carbons (Fsp3) is 0.400. The third-order valence-electron chi connectivity index (χ3n) is 6.52. The molecule has 0 amide bonds. The van der Waals surface area contributed by atoms with Crippen LogP contribution in [0.5, 0.6) is 0 Å². The predicted octanol–water partition coefficient (Wildman–Crippen LogP) is 10.4. The van der Waals surface area contributed by atoms with Crippen molar-refractivity contribution >= 4 is 22.7 Å². The number of aryl methyl sites for hydroxylation is 1. The molecule has 0 unspecified atom stereocenters. The van der Waals surface area contributed by atoms with Crippen LogP contribution in [0.4, 0.5) is 0 Å². The molecule has 0 radical (unpaired) electrons. The summed E-state index contributed by atoms with van der Waals surface area (Å²) in [5, 5.41) is 8.94. The van der Waals surface area contributed by atoms with Crippen molar-refractivity contribution in [1.29, 1.82) is 0 Å². The molecule has 1 aromatic carbocycles. The summed E-state index contributed by atoms with van der Waals surface area (Å²) in [7, 11) is 0. The quantitative estimate of drug-likeness (QED) is 0.160. The van der Waals surface area contributed by atoms with E-state index >= 15 is 0 Å². The number of thiophene rings is 2. The molecule has 0 bridgehead atoms.